The molecule has 2 aromatic rings. The van der Waals surface area contributed by atoms with E-state index in [1.54, 1.807) is 37.6 Å². The van der Waals surface area contributed by atoms with Crippen LogP contribution in [0.1, 0.15) is 22.3 Å². The summed E-state index contributed by atoms with van der Waals surface area (Å²) in [5.74, 6) is 0.273. The molecule has 0 atom stereocenters. The van der Waals surface area contributed by atoms with Crippen LogP contribution in [0.2, 0.25) is 0 Å². The first-order chi connectivity index (χ1) is 11.7. The van der Waals surface area contributed by atoms with E-state index < -0.39 is 0 Å². The third-order valence-electron chi connectivity index (χ3n) is 3.47. The Morgan fingerprint density at radius 1 is 1.21 bits per heavy atom. The lowest BCUT2D eigenvalue weighted by Gasteiger charge is -2.08. The van der Waals surface area contributed by atoms with Gasteiger partial charge in [-0.05, 0) is 42.7 Å². The molecule has 5 nitrogen and oxygen atoms in total. The average molecular weight is 331 g/mol. The average Bonchev–Trinajstić information content (AvgIpc) is 2.60. The van der Waals surface area contributed by atoms with E-state index in [9.17, 15) is 9.18 Å². The third-order valence-corrected chi connectivity index (χ3v) is 3.47. The fourth-order valence-electron chi connectivity index (χ4n) is 2.17. The van der Waals surface area contributed by atoms with Gasteiger partial charge in [-0.3, -0.25) is 4.79 Å². The van der Waals surface area contributed by atoms with Crippen LogP contribution in [0.5, 0.6) is 0 Å². The van der Waals surface area contributed by atoms with Gasteiger partial charge < -0.3 is 15.4 Å². The number of hydrogen-bond donors (Lipinski definition) is 2. The predicted octanol–water partition coefficient (Wildman–Crippen LogP) is 2.64. The summed E-state index contributed by atoms with van der Waals surface area (Å²) in [6, 6.07) is 9.81. The number of carbonyl (C=O) groups excluding carboxylic acids is 1. The second kappa shape index (κ2) is 9.62. The number of pyridine rings is 1. The SMILES string of the molecule is COCCCNC(=O)c1ccnc(NCCc2ccc(F)cc2)c1. The maximum Gasteiger partial charge on any atom is 0.251 e. The number of rotatable bonds is 9. The highest BCUT2D eigenvalue weighted by Crippen LogP contribution is 2.08. The summed E-state index contributed by atoms with van der Waals surface area (Å²) in [5.41, 5.74) is 1.60. The summed E-state index contributed by atoms with van der Waals surface area (Å²) < 4.78 is 17.8. The highest BCUT2D eigenvalue weighted by atomic mass is 19.1. The molecule has 0 fully saturated rings. The van der Waals surface area contributed by atoms with Crippen molar-refractivity contribution >= 4 is 11.7 Å². The molecule has 0 bridgehead atoms. The minimum atomic E-state index is -0.238. The van der Waals surface area contributed by atoms with Crippen molar-refractivity contribution < 1.29 is 13.9 Å². The van der Waals surface area contributed by atoms with Gasteiger partial charge in [-0.1, -0.05) is 12.1 Å². The number of carbonyl (C=O) groups is 1. The highest BCUT2D eigenvalue weighted by molar-refractivity contribution is 5.94. The number of nitrogens with one attached hydrogen (secondary N) is 2. The van der Waals surface area contributed by atoms with Gasteiger partial charge in [0.05, 0.1) is 0 Å². The van der Waals surface area contributed by atoms with Crippen molar-refractivity contribution in [2.45, 2.75) is 12.8 Å². The Balaban J connectivity index is 1.81. The number of halogens is 1. The largest absolute Gasteiger partial charge is 0.385 e. The molecule has 0 saturated carbocycles. The lowest BCUT2D eigenvalue weighted by Crippen LogP contribution is -2.25. The maximum atomic E-state index is 12.9. The number of amides is 1. The first kappa shape index (κ1) is 17.9. The molecular weight excluding hydrogens is 309 g/mol. The molecule has 0 aliphatic rings. The van der Waals surface area contributed by atoms with Gasteiger partial charge in [0, 0.05) is 38.6 Å². The van der Waals surface area contributed by atoms with Crippen LogP contribution < -0.4 is 10.6 Å². The van der Waals surface area contributed by atoms with Crippen LogP contribution in [0, 0.1) is 5.82 Å². The van der Waals surface area contributed by atoms with Crippen molar-refractivity contribution in [2.24, 2.45) is 0 Å². The van der Waals surface area contributed by atoms with Gasteiger partial charge in [-0.15, -0.1) is 0 Å². The van der Waals surface area contributed by atoms with Gasteiger partial charge in [0.1, 0.15) is 11.6 Å². The first-order valence-electron chi connectivity index (χ1n) is 7.90. The van der Waals surface area contributed by atoms with Crippen LogP contribution in [0.25, 0.3) is 0 Å². The van der Waals surface area contributed by atoms with E-state index in [-0.39, 0.29) is 11.7 Å². The first-order valence-corrected chi connectivity index (χ1v) is 7.90. The molecule has 2 rings (SSSR count). The molecule has 0 saturated heterocycles. The summed E-state index contributed by atoms with van der Waals surface area (Å²) in [6.45, 7) is 1.84. The smallest absolute Gasteiger partial charge is 0.251 e. The van der Waals surface area contributed by atoms with Crippen LogP contribution in [0.4, 0.5) is 10.2 Å². The molecule has 1 heterocycles. The molecule has 0 unspecified atom stereocenters. The fourth-order valence-corrected chi connectivity index (χ4v) is 2.17. The number of nitrogens with zero attached hydrogens (tertiary/aromatic N) is 1. The van der Waals surface area contributed by atoms with Crippen molar-refractivity contribution in [1.29, 1.82) is 0 Å². The number of benzene rings is 1. The topological polar surface area (TPSA) is 63.2 Å². The van der Waals surface area contributed by atoms with Crippen molar-refractivity contribution in [3.63, 3.8) is 0 Å². The number of aromatic nitrogens is 1. The van der Waals surface area contributed by atoms with E-state index in [4.69, 9.17) is 4.74 Å². The Morgan fingerprint density at radius 2 is 2.00 bits per heavy atom. The summed E-state index contributed by atoms with van der Waals surface area (Å²) >= 11 is 0. The minimum Gasteiger partial charge on any atom is -0.385 e. The highest BCUT2D eigenvalue weighted by Gasteiger charge is 2.06. The molecule has 0 aliphatic heterocycles. The van der Waals surface area contributed by atoms with Crippen molar-refractivity contribution in [1.82, 2.24) is 10.3 Å². The summed E-state index contributed by atoms with van der Waals surface area (Å²) in [6.07, 6.45) is 3.12. The van der Waals surface area contributed by atoms with Crippen LogP contribution in [-0.2, 0) is 11.2 Å². The number of hydrogen-bond acceptors (Lipinski definition) is 4. The van der Waals surface area contributed by atoms with E-state index in [2.05, 4.69) is 15.6 Å². The molecule has 0 spiro atoms. The van der Waals surface area contributed by atoms with E-state index in [0.29, 0.717) is 31.1 Å². The monoisotopic (exact) mass is 331 g/mol. The lowest BCUT2D eigenvalue weighted by atomic mass is 10.1. The molecule has 1 aromatic heterocycles. The van der Waals surface area contributed by atoms with Gasteiger partial charge in [-0.2, -0.15) is 0 Å². The molecule has 1 aromatic carbocycles. The zero-order valence-electron chi connectivity index (χ0n) is 13.7. The van der Waals surface area contributed by atoms with Crippen LogP contribution >= 0.6 is 0 Å². The third kappa shape index (κ3) is 5.96. The van der Waals surface area contributed by atoms with E-state index >= 15 is 0 Å². The number of ether oxygens (including phenoxy) is 1. The summed E-state index contributed by atoms with van der Waals surface area (Å²) in [7, 11) is 1.63. The Labute approximate surface area is 141 Å². The quantitative estimate of drug-likeness (QED) is 0.694. The van der Waals surface area contributed by atoms with Crippen molar-refractivity contribution in [3.8, 4) is 0 Å². The molecule has 0 aliphatic carbocycles. The van der Waals surface area contributed by atoms with Gasteiger partial charge in [0.15, 0.2) is 0 Å². The number of anilines is 1. The normalized spacial score (nSPS) is 10.4. The van der Waals surface area contributed by atoms with Crippen LogP contribution in [0.15, 0.2) is 42.6 Å². The number of methoxy groups -OCH3 is 1. The lowest BCUT2D eigenvalue weighted by molar-refractivity contribution is 0.0948. The zero-order chi connectivity index (χ0) is 17.2. The minimum absolute atomic E-state index is 0.130. The Morgan fingerprint density at radius 3 is 2.75 bits per heavy atom. The van der Waals surface area contributed by atoms with Crippen LogP contribution in [-0.4, -0.2) is 37.7 Å². The van der Waals surface area contributed by atoms with Gasteiger partial charge >= 0.3 is 0 Å². The van der Waals surface area contributed by atoms with E-state index in [1.165, 1.54) is 12.1 Å². The van der Waals surface area contributed by atoms with Crippen molar-refractivity contribution in [3.05, 3.63) is 59.5 Å². The Bertz CT molecular complexity index is 647. The maximum absolute atomic E-state index is 12.9. The predicted molar refractivity (Wildman–Crippen MR) is 91.7 cm³/mol. The van der Waals surface area contributed by atoms with Gasteiger partial charge in [0.2, 0.25) is 0 Å². The second-order valence-corrected chi connectivity index (χ2v) is 5.34. The Hall–Kier alpha value is -2.47. The molecule has 1 amide bonds. The summed E-state index contributed by atoms with van der Waals surface area (Å²) in [5, 5.41) is 6.01. The zero-order valence-corrected chi connectivity index (χ0v) is 13.7. The van der Waals surface area contributed by atoms with Gasteiger partial charge in [0.25, 0.3) is 5.91 Å². The molecule has 0 radical (unpaired) electrons. The standard InChI is InChI=1S/C18H22FN3O2/c1-24-12-2-9-22-18(23)15-8-11-21-17(13-15)20-10-7-14-3-5-16(19)6-4-14/h3-6,8,11,13H,2,7,9-10,12H2,1H3,(H,20,21)(H,22,23). The summed E-state index contributed by atoms with van der Waals surface area (Å²) in [4.78, 5) is 16.2. The van der Waals surface area contributed by atoms with E-state index in [1.807, 2.05) is 0 Å². The van der Waals surface area contributed by atoms with E-state index in [0.717, 1.165) is 18.4 Å². The molecule has 2 N–H and O–H groups in total. The Kier molecular flexibility index (Phi) is 7.17. The van der Waals surface area contributed by atoms with Gasteiger partial charge in [-0.25, -0.2) is 9.37 Å². The fraction of sp³-hybridized carbons (Fsp3) is 0.333. The second-order valence-electron chi connectivity index (χ2n) is 5.34. The molecule has 128 valence electrons. The molecule has 24 heavy (non-hydrogen) atoms. The van der Waals surface area contributed by atoms with Crippen LogP contribution in [0.3, 0.4) is 0 Å². The molecular formula is C18H22FN3O2. The van der Waals surface area contributed by atoms with Crippen molar-refractivity contribution in [2.75, 3.05) is 32.1 Å². The molecule has 6 heteroatoms.